The molecule has 2 N–H and O–H groups in total. The third-order valence-electron chi connectivity index (χ3n) is 2.99. The molecule has 1 amide bonds. The number of carbonyl (C=O) groups is 2. The average Bonchev–Trinajstić information content (AvgIpc) is 3.08. The maximum absolute atomic E-state index is 11.7. The normalized spacial score (nSPS) is 11.4. The topological polar surface area (TPSA) is 105 Å². The molecular formula is C14H17N3O4S. The molecule has 0 aromatic carbocycles. The monoisotopic (exact) mass is 323 g/mol. The van der Waals surface area contributed by atoms with Crippen molar-refractivity contribution in [2.75, 3.05) is 0 Å². The third kappa shape index (κ3) is 4.14. The van der Waals surface area contributed by atoms with E-state index in [1.165, 1.54) is 25.2 Å². The molecule has 0 spiro atoms. The van der Waals surface area contributed by atoms with Gasteiger partial charge in [0.1, 0.15) is 5.54 Å². The van der Waals surface area contributed by atoms with Crippen molar-refractivity contribution in [3.05, 3.63) is 23.4 Å². The summed E-state index contributed by atoms with van der Waals surface area (Å²) in [5.41, 5.74) is -1.27. The van der Waals surface area contributed by atoms with Gasteiger partial charge in [0.05, 0.1) is 4.88 Å². The van der Waals surface area contributed by atoms with Crippen LogP contribution in [-0.2, 0) is 16.0 Å². The summed E-state index contributed by atoms with van der Waals surface area (Å²) in [4.78, 5) is 27.8. The van der Waals surface area contributed by atoms with Crippen molar-refractivity contribution in [2.45, 2.75) is 38.6 Å². The molecule has 0 unspecified atom stereocenters. The van der Waals surface area contributed by atoms with Crippen LogP contribution >= 0.6 is 11.3 Å². The van der Waals surface area contributed by atoms with Gasteiger partial charge < -0.3 is 14.9 Å². The van der Waals surface area contributed by atoms with Crippen LogP contribution in [0.1, 0.15) is 32.6 Å². The molecule has 0 saturated carbocycles. The Hall–Kier alpha value is -2.22. The molecule has 2 heterocycles. The van der Waals surface area contributed by atoms with Crippen molar-refractivity contribution in [1.82, 2.24) is 15.5 Å². The van der Waals surface area contributed by atoms with Gasteiger partial charge in [-0.05, 0) is 31.7 Å². The van der Waals surface area contributed by atoms with Crippen LogP contribution in [-0.4, -0.2) is 32.7 Å². The van der Waals surface area contributed by atoms with E-state index in [0.717, 1.165) is 4.88 Å². The summed E-state index contributed by atoms with van der Waals surface area (Å²) in [7, 11) is 0. The molecule has 7 nitrogen and oxygen atoms in total. The summed E-state index contributed by atoms with van der Waals surface area (Å²) in [6, 6.07) is 3.81. The summed E-state index contributed by atoms with van der Waals surface area (Å²) >= 11 is 1.52. The fourth-order valence-electron chi connectivity index (χ4n) is 1.73. The van der Waals surface area contributed by atoms with Crippen molar-refractivity contribution in [1.29, 1.82) is 0 Å². The van der Waals surface area contributed by atoms with Crippen LogP contribution in [0, 0.1) is 0 Å². The zero-order chi connectivity index (χ0) is 16.2. The molecule has 0 atom stereocenters. The van der Waals surface area contributed by atoms with E-state index in [-0.39, 0.29) is 12.3 Å². The third-order valence-corrected chi connectivity index (χ3v) is 3.86. The van der Waals surface area contributed by atoms with E-state index in [1.807, 2.05) is 17.5 Å². The van der Waals surface area contributed by atoms with Gasteiger partial charge in [-0.2, -0.15) is 4.98 Å². The lowest BCUT2D eigenvalue weighted by Crippen LogP contribution is -2.49. The molecule has 0 aliphatic heterocycles. The van der Waals surface area contributed by atoms with E-state index in [4.69, 9.17) is 9.63 Å². The largest absolute Gasteiger partial charge is 0.480 e. The molecule has 2 aromatic heterocycles. The minimum Gasteiger partial charge on any atom is -0.480 e. The summed E-state index contributed by atoms with van der Waals surface area (Å²) in [6.07, 6.45) is 1.18. The minimum absolute atomic E-state index is 0.202. The van der Waals surface area contributed by atoms with E-state index < -0.39 is 11.5 Å². The maximum atomic E-state index is 11.7. The van der Waals surface area contributed by atoms with Gasteiger partial charge >= 0.3 is 5.97 Å². The van der Waals surface area contributed by atoms with E-state index >= 15 is 0 Å². The molecule has 0 saturated heterocycles. The van der Waals surface area contributed by atoms with Crippen molar-refractivity contribution >= 4 is 23.2 Å². The maximum Gasteiger partial charge on any atom is 0.328 e. The van der Waals surface area contributed by atoms with Crippen LogP contribution in [0.5, 0.6) is 0 Å². The second-order valence-electron chi connectivity index (χ2n) is 5.32. The Morgan fingerprint density at radius 1 is 1.45 bits per heavy atom. The summed E-state index contributed by atoms with van der Waals surface area (Å²) in [5.74, 6) is -0.376. The van der Waals surface area contributed by atoms with Gasteiger partial charge in [-0.1, -0.05) is 11.2 Å². The predicted octanol–water partition coefficient (Wildman–Crippen LogP) is 2.10. The number of aliphatic carboxylic acids is 1. The first kappa shape index (κ1) is 16.2. The van der Waals surface area contributed by atoms with Crippen LogP contribution in [0.15, 0.2) is 22.0 Å². The van der Waals surface area contributed by atoms with Gasteiger partial charge in [0.25, 0.3) is 0 Å². The highest BCUT2D eigenvalue weighted by Crippen LogP contribution is 2.21. The number of nitrogens with zero attached hydrogens (tertiary/aromatic N) is 2. The summed E-state index contributed by atoms with van der Waals surface area (Å²) < 4.78 is 5.13. The quantitative estimate of drug-likeness (QED) is 0.808. The Morgan fingerprint density at radius 2 is 2.23 bits per heavy atom. The molecule has 0 fully saturated rings. The number of thiophene rings is 1. The second kappa shape index (κ2) is 6.69. The number of carboxylic acids is 1. The van der Waals surface area contributed by atoms with Gasteiger partial charge in [-0.15, -0.1) is 11.3 Å². The van der Waals surface area contributed by atoms with Gasteiger partial charge in [0.2, 0.25) is 17.6 Å². The molecule has 0 aliphatic carbocycles. The summed E-state index contributed by atoms with van der Waals surface area (Å²) in [6.45, 7) is 2.89. The first-order valence-electron chi connectivity index (χ1n) is 6.79. The highest BCUT2D eigenvalue weighted by atomic mass is 32.1. The van der Waals surface area contributed by atoms with Gasteiger partial charge in [-0.3, -0.25) is 4.79 Å². The smallest absolute Gasteiger partial charge is 0.328 e. The molecule has 8 heteroatoms. The number of rotatable bonds is 7. The second-order valence-corrected chi connectivity index (χ2v) is 6.27. The Labute approximate surface area is 131 Å². The Morgan fingerprint density at radius 3 is 2.86 bits per heavy atom. The molecule has 2 rings (SSSR count). The van der Waals surface area contributed by atoms with Gasteiger partial charge in [0, 0.05) is 12.8 Å². The SMILES string of the molecule is CC(C)(NC(=O)CCCc1nc(-c2cccs2)no1)C(=O)O. The molecule has 22 heavy (non-hydrogen) atoms. The van der Waals surface area contributed by atoms with Crippen molar-refractivity contribution < 1.29 is 19.2 Å². The number of hydrogen-bond donors (Lipinski definition) is 2. The van der Waals surface area contributed by atoms with Gasteiger partial charge in [-0.25, -0.2) is 4.79 Å². The van der Waals surface area contributed by atoms with Crippen LogP contribution in [0.3, 0.4) is 0 Å². The van der Waals surface area contributed by atoms with Crippen LogP contribution in [0.25, 0.3) is 10.7 Å². The standard InChI is InChI=1S/C14H17N3O4S/c1-14(2,13(19)20)16-10(18)6-3-7-11-15-12(17-21-11)9-5-4-8-22-9/h4-5,8H,3,6-7H2,1-2H3,(H,16,18)(H,19,20). The minimum atomic E-state index is -1.27. The molecule has 0 radical (unpaired) electrons. The Bertz CT molecular complexity index is 649. The first-order chi connectivity index (χ1) is 10.4. The fourth-order valence-corrected chi connectivity index (χ4v) is 2.38. The molecule has 0 aliphatic rings. The lowest BCUT2D eigenvalue weighted by atomic mass is 10.1. The highest BCUT2D eigenvalue weighted by molar-refractivity contribution is 7.13. The molecule has 118 valence electrons. The number of nitrogens with one attached hydrogen (secondary N) is 1. The van der Waals surface area contributed by atoms with E-state index in [1.54, 1.807) is 0 Å². The van der Waals surface area contributed by atoms with Crippen molar-refractivity contribution in [3.63, 3.8) is 0 Å². The molecule has 0 bridgehead atoms. The zero-order valence-corrected chi connectivity index (χ0v) is 13.1. The lowest BCUT2D eigenvalue weighted by molar-refractivity contribution is -0.146. The summed E-state index contributed by atoms with van der Waals surface area (Å²) in [5, 5.41) is 17.2. The van der Waals surface area contributed by atoms with Crippen molar-refractivity contribution in [3.8, 4) is 10.7 Å². The fraction of sp³-hybridized carbons (Fsp3) is 0.429. The van der Waals surface area contributed by atoms with Crippen LogP contribution in [0.2, 0.25) is 0 Å². The van der Waals surface area contributed by atoms with Gasteiger partial charge in [0.15, 0.2) is 0 Å². The van der Waals surface area contributed by atoms with Crippen LogP contribution < -0.4 is 5.32 Å². The van der Waals surface area contributed by atoms with E-state index in [0.29, 0.717) is 24.6 Å². The Kier molecular flexibility index (Phi) is 4.92. The first-order valence-corrected chi connectivity index (χ1v) is 7.67. The Balaban J connectivity index is 1.79. The number of carboxylic acid groups (broad SMARTS) is 1. The highest BCUT2D eigenvalue weighted by Gasteiger charge is 2.28. The number of carbonyl (C=O) groups excluding carboxylic acids is 1. The number of aryl methyl sites for hydroxylation is 1. The number of aromatic nitrogens is 2. The van der Waals surface area contributed by atoms with E-state index in [2.05, 4.69) is 15.5 Å². The van der Waals surface area contributed by atoms with Crippen molar-refractivity contribution in [2.24, 2.45) is 0 Å². The molecule has 2 aromatic rings. The number of amides is 1. The van der Waals surface area contributed by atoms with Crippen LogP contribution in [0.4, 0.5) is 0 Å². The number of hydrogen-bond acceptors (Lipinski definition) is 6. The lowest BCUT2D eigenvalue weighted by Gasteiger charge is -2.20. The predicted molar refractivity (Wildman–Crippen MR) is 80.4 cm³/mol. The zero-order valence-electron chi connectivity index (χ0n) is 12.3. The molecular weight excluding hydrogens is 306 g/mol. The van der Waals surface area contributed by atoms with E-state index in [9.17, 15) is 9.59 Å². The average molecular weight is 323 g/mol.